The van der Waals surface area contributed by atoms with Crippen LogP contribution in [0.2, 0.25) is 0 Å². The molecule has 92 valence electrons. The van der Waals surface area contributed by atoms with Gasteiger partial charge in [0.1, 0.15) is 11.5 Å². The molecule has 2 aromatic carbocycles. The Kier molecular flexibility index (Phi) is 3.06. The summed E-state index contributed by atoms with van der Waals surface area (Å²) in [6, 6.07) is 9.44. The third-order valence-electron chi connectivity index (χ3n) is 2.88. The summed E-state index contributed by atoms with van der Waals surface area (Å²) in [7, 11) is 0. The Labute approximate surface area is 105 Å². The quantitative estimate of drug-likeness (QED) is 0.796. The zero-order valence-corrected chi connectivity index (χ0v) is 10.3. The smallest absolute Gasteiger partial charge is 0.193 e. The average molecular weight is 242 g/mol. The summed E-state index contributed by atoms with van der Waals surface area (Å²) in [5.41, 5.74) is 2.40. The summed E-state index contributed by atoms with van der Waals surface area (Å²) in [5.74, 6) is 0.225. The number of aryl methyl sites for hydroxylation is 2. The Balaban J connectivity index is 2.43. The van der Waals surface area contributed by atoms with E-state index in [9.17, 15) is 15.0 Å². The van der Waals surface area contributed by atoms with Crippen LogP contribution < -0.4 is 0 Å². The summed E-state index contributed by atoms with van der Waals surface area (Å²) < 4.78 is 0. The van der Waals surface area contributed by atoms with Gasteiger partial charge in [0.05, 0.1) is 0 Å². The van der Waals surface area contributed by atoms with E-state index in [4.69, 9.17) is 0 Å². The maximum absolute atomic E-state index is 12.2. The normalized spacial score (nSPS) is 10.3. The van der Waals surface area contributed by atoms with Gasteiger partial charge >= 0.3 is 0 Å². The largest absolute Gasteiger partial charge is 0.508 e. The van der Waals surface area contributed by atoms with E-state index < -0.39 is 0 Å². The van der Waals surface area contributed by atoms with Gasteiger partial charge < -0.3 is 10.2 Å². The van der Waals surface area contributed by atoms with Crippen LogP contribution in [0.5, 0.6) is 11.5 Å². The summed E-state index contributed by atoms with van der Waals surface area (Å²) >= 11 is 0. The van der Waals surface area contributed by atoms with Crippen LogP contribution in [0.15, 0.2) is 36.4 Å². The summed E-state index contributed by atoms with van der Waals surface area (Å²) in [4.78, 5) is 12.2. The first-order valence-corrected chi connectivity index (χ1v) is 5.63. The molecule has 0 aromatic heterocycles. The van der Waals surface area contributed by atoms with Crippen LogP contribution in [0.3, 0.4) is 0 Å². The monoisotopic (exact) mass is 242 g/mol. The zero-order valence-electron chi connectivity index (χ0n) is 10.3. The Morgan fingerprint density at radius 2 is 1.39 bits per heavy atom. The Morgan fingerprint density at radius 3 is 1.89 bits per heavy atom. The molecule has 0 unspecified atom stereocenters. The molecule has 0 heterocycles. The molecule has 0 bridgehead atoms. The third-order valence-corrected chi connectivity index (χ3v) is 2.88. The number of benzene rings is 2. The van der Waals surface area contributed by atoms with Crippen molar-refractivity contribution in [2.24, 2.45) is 0 Å². The highest BCUT2D eigenvalue weighted by Crippen LogP contribution is 2.24. The minimum Gasteiger partial charge on any atom is -0.508 e. The highest BCUT2D eigenvalue weighted by atomic mass is 16.3. The topological polar surface area (TPSA) is 57.5 Å². The van der Waals surface area contributed by atoms with E-state index in [1.165, 1.54) is 12.1 Å². The van der Waals surface area contributed by atoms with E-state index >= 15 is 0 Å². The van der Waals surface area contributed by atoms with Gasteiger partial charge in [0, 0.05) is 11.1 Å². The van der Waals surface area contributed by atoms with Crippen molar-refractivity contribution in [3.05, 3.63) is 58.7 Å². The van der Waals surface area contributed by atoms with Gasteiger partial charge in [-0.2, -0.15) is 0 Å². The number of ketones is 1. The van der Waals surface area contributed by atoms with E-state index in [1.807, 2.05) is 0 Å². The lowest BCUT2D eigenvalue weighted by molar-refractivity contribution is 0.103. The van der Waals surface area contributed by atoms with Crippen LogP contribution in [0, 0.1) is 13.8 Å². The number of carbonyl (C=O) groups excluding carboxylic acids is 1. The molecule has 0 radical (unpaired) electrons. The fourth-order valence-electron chi connectivity index (χ4n) is 1.87. The third kappa shape index (κ3) is 2.20. The van der Waals surface area contributed by atoms with E-state index in [0.29, 0.717) is 22.3 Å². The molecule has 3 nitrogen and oxygen atoms in total. The number of phenolic OH excluding ortho intramolecular Hbond substituents is 2. The number of hydrogen-bond acceptors (Lipinski definition) is 3. The molecule has 2 rings (SSSR count). The van der Waals surface area contributed by atoms with Crippen LogP contribution in [-0.4, -0.2) is 16.0 Å². The number of rotatable bonds is 2. The zero-order chi connectivity index (χ0) is 13.3. The molecule has 0 aliphatic carbocycles. The second-order valence-electron chi connectivity index (χ2n) is 4.33. The SMILES string of the molecule is Cc1cc(C(=O)c2ccc(O)cc2)cc(C)c1O. The standard InChI is InChI=1S/C15H14O3/c1-9-7-12(8-10(2)14(9)17)15(18)11-3-5-13(16)6-4-11/h3-8,16-17H,1-2H3. The molecule has 0 aliphatic heterocycles. The summed E-state index contributed by atoms with van der Waals surface area (Å²) in [5, 5.41) is 18.9. The van der Waals surface area contributed by atoms with Crippen molar-refractivity contribution < 1.29 is 15.0 Å². The average Bonchev–Trinajstić information content (AvgIpc) is 2.35. The van der Waals surface area contributed by atoms with Crippen molar-refractivity contribution in [1.82, 2.24) is 0 Å². The lowest BCUT2D eigenvalue weighted by atomic mass is 9.98. The predicted molar refractivity (Wildman–Crippen MR) is 69.1 cm³/mol. The summed E-state index contributed by atoms with van der Waals surface area (Å²) in [6.07, 6.45) is 0. The minimum absolute atomic E-state index is 0.124. The predicted octanol–water partition coefficient (Wildman–Crippen LogP) is 2.95. The molecule has 3 heteroatoms. The second-order valence-corrected chi connectivity index (χ2v) is 4.33. The number of phenols is 2. The van der Waals surface area contributed by atoms with Gasteiger partial charge in [-0.3, -0.25) is 4.79 Å². The first-order valence-electron chi connectivity index (χ1n) is 5.63. The number of hydrogen-bond donors (Lipinski definition) is 2. The van der Waals surface area contributed by atoms with E-state index in [1.54, 1.807) is 38.1 Å². The van der Waals surface area contributed by atoms with E-state index in [0.717, 1.165) is 0 Å². The van der Waals surface area contributed by atoms with Crippen LogP contribution >= 0.6 is 0 Å². The first-order chi connectivity index (χ1) is 8.49. The molecular weight excluding hydrogens is 228 g/mol. The molecule has 18 heavy (non-hydrogen) atoms. The van der Waals surface area contributed by atoms with Gasteiger partial charge in [0.25, 0.3) is 0 Å². The van der Waals surface area contributed by atoms with Crippen molar-refractivity contribution in [2.45, 2.75) is 13.8 Å². The van der Waals surface area contributed by atoms with Crippen LogP contribution in [0.4, 0.5) is 0 Å². The van der Waals surface area contributed by atoms with Crippen molar-refractivity contribution in [3.63, 3.8) is 0 Å². The Bertz CT molecular complexity index is 575. The van der Waals surface area contributed by atoms with Crippen molar-refractivity contribution in [2.75, 3.05) is 0 Å². The fourth-order valence-corrected chi connectivity index (χ4v) is 1.87. The number of carbonyl (C=O) groups is 1. The lowest BCUT2D eigenvalue weighted by Gasteiger charge is -2.07. The molecule has 0 fully saturated rings. The van der Waals surface area contributed by atoms with E-state index in [2.05, 4.69) is 0 Å². The van der Waals surface area contributed by atoms with Gasteiger partial charge in [-0.25, -0.2) is 0 Å². The maximum atomic E-state index is 12.2. The molecule has 0 amide bonds. The molecule has 2 N–H and O–H groups in total. The molecule has 0 saturated heterocycles. The number of aromatic hydroxyl groups is 2. The van der Waals surface area contributed by atoms with Gasteiger partial charge in [0.15, 0.2) is 5.78 Å². The first kappa shape index (κ1) is 12.2. The van der Waals surface area contributed by atoms with Crippen molar-refractivity contribution >= 4 is 5.78 Å². The molecular formula is C15H14O3. The fraction of sp³-hybridized carbons (Fsp3) is 0.133. The second kappa shape index (κ2) is 4.53. The van der Waals surface area contributed by atoms with Crippen LogP contribution in [0.25, 0.3) is 0 Å². The van der Waals surface area contributed by atoms with Gasteiger partial charge in [0.2, 0.25) is 0 Å². The summed E-state index contributed by atoms with van der Waals surface area (Å²) in [6.45, 7) is 3.52. The lowest BCUT2D eigenvalue weighted by Crippen LogP contribution is -2.02. The molecule has 2 aromatic rings. The van der Waals surface area contributed by atoms with Gasteiger partial charge in [-0.15, -0.1) is 0 Å². The molecule has 0 spiro atoms. The highest BCUT2D eigenvalue weighted by Gasteiger charge is 2.12. The van der Waals surface area contributed by atoms with Crippen LogP contribution in [0.1, 0.15) is 27.0 Å². The minimum atomic E-state index is -0.124. The van der Waals surface area contributed by atoms with E-state index in [-0.39, 0.29) is 17.3 Å². The Morgan fingerprint density at radius 1 is 0.889 bits per heavy atom. The maximum Gasteiger partial charge on any atom is 0.193 e. The Hall–Kier alpha value is -2.29. The molecule has 0 atom stereocenters. The molecule has 0 saturated carbocycles. The van der Waals surface area contributed by atoms with Crippen molar-refractivity contribution in [1.29, 1.82) is 0 Å². The van der Waals surface area contributed by atoms with Crippen molar-refractivity contribution in [3.8, 4) is 11.5 Å². The van der Waals surface area contributed by atoms with Gasteiger partial charge in [-0.1, -0.05) is 0 Å². The highest BCUT2D eigenvalue weighted by molar-refractivity contribution is 6.09. The van der Waals surface area contributed by atoms with Gasteiger partial charge in [-0.05, 0) is 61.4 Å². The van der Waals surface area contributed by atoms with Crippen LogP contribution in [-0.2, 0) is 0 Å². The molecule has 0 aliphatic rings.